The van der Waals surface area contributed by atoms with E-state index in [9.17, 15) is 13.2 Å². The molecule has 0 spiro atoms. The SMILES string of the molecule is Cc1ccc2cc(COC(=O)CS[C@@H]3CCS(=O)(=O)C3)c(Cl)nc2c1C. The summed E-state index contributed by atoms with van der Waals surface area (Å²) in [5.41, 5.74) is 3.73. The number of carbonyl (C=O) groups is 1. The van der Waals surface area contributed by atoms with Gasteiger partial charge in [0.05, 0.1) is 22.8 Å². The highest BCUT2D eigenvalue weighted by molar-refractivity contribution is 8.02. The summed E-state index contributed by atoms with van der Waals surface area (Å²) in [4.78, 5) is 16.4. The zero-order valence-corrected chi connectivity index (χ0v) is 17.0. The van der Waals surface area contributed by atoms with Crippen LogP contribution < -0.4 is 0 Å². The molecule has 1 aromatic carbocycles. The van der Waals surface area contributed by atoms with Crippen LogP contribution in [-0.2, 0) is 26.0 Å². The molecule has 140 valence electrons. The van der Waals surface area contributed by atoms with Crippen molar-refractivity contribution in [2.45, 2.75) is 32.1 Å². The number of aromatic nitrogens is 1. The lowest BCUT2D eigenvalue weighted by molar-refractivity contribution is -0.141. The van der Waals surface area contributed by atoms with Crippen LogP contribution in [-0.4, -0.2) is 41.9 Å². The molecule has 0 aliphatic carbocycles. The Hall–Kier alpha value is -1.31. The van der Waals surface area contributed by atoms with Crippen molar-refractivity contribution < 1.29 is 17.9 Å². The molecule has 1 aliphatic heterocycles. The molecule has 8 heteroatoms. The molecule has 5 nitrogen and oxygen atoms in total. The van der Waals surface area contributed by atoms with Gasteiger partial charge in [-0.2, -0.15) is 0 Å². The van der Waals surface area contributed by atoms with E-state index in [1.807, 2.05) is 32.0 Å². The maximum atomic E-state index is 12.0. The molecule has 1 aliphatic rings. The molecular weight excluding hydrogens is 394 g/mol. The summed E-state index contributed by atoms with van der Waals surface area (Å²) in [5, 5.41) is 1.26. The van der Waals surface area contributed by atoms with Crippen molar-refractivity contribution in [3.8, 4) is 0 Å². The van der Waals surface area contributed by atoms with Crippen molar-refractivity contribution in [1.82, 2.24) is 4.98 Å². The zero-order valence-electron chi connectivity index (χ0n) is 14.6. The molecule has 1 aromatic heterocycles. The van der Waals surface area contributed by atoms with Gasteiger partial charge in [0.2, 0.25) is 0 Å². The Bertz CT molecular complexity index is 959. The van der Waals surface area contributed by atoms with Crippen LogP contribution in [0.4, 0.5) is 0 Å². The number of sulfone groups is 1. The van der Waals surface area contributed by atoms with Crippen LogP contribution in [0.1, 0.15) is 23.1 Å². The van der Waals surface area contributed by atoms with Crippen LogP contribution in [0.5, 0.6) is 0 Å². The van der Waals surface area contributed by atoms with Crippen molar-refractivity contribution in [3.63, 3.8) is 0 Å². The van der Waals surface area contributed by atoms with Gasteiger partial charge in [0.1, 0.15) is 11.8 Å². The van der Waals surface area contributed by atoms with E-state index in [1.165, 1.54) is 11.8 Å². The van der Waals surface area contributed by atoms with Gasteiger partial charge in [0.15, 0.2) is 9.84 Å². The molecule has 0 unspecified atom stereocenters. The first-order chi connectivity index (χ1) is 12.2. The number of benzene rings is 1. The van der Waals surface area contributed by atoms with E-state index < -0.39 is 9.84 Å². The number of nitrogens with zero attached hydrogens (tertiary/aromatic N) is 1. The summed E-state index contributed by atoms with van der Waals surface area (Å²) < 4.78 is 28.2. The second kappa shape index (κ2) is 7.74. The summed E-state index contributed by atoms with van der Waals surface area (Å²) in [7, 11) is -2.93. The summed E-state index contributed by atoms with van der Waals surface area (Å²) in [6, 6.07) is 5.89. The average Bonchev–Trinajstić information content (AvgIpc) is 2.94. The van der Waals surface area contributed by atoms with Gasteiger partial charge in [-0.05, 0) is 37.5 Å². The first-order valence-electron chi connectivity index (χ1n) is 8.28. The predicted molar refractivity (Wildman–Crippen MR) is 106 cm³/mol. The van der Waals surface area contributed by atoms with Gasteiger partial charge in [-0.3, -0.25) is 4.79 Å². The first-order valence-corrected chi connectivity index (χ1v) is 11.5. The Morgan fingerprint density at radius 1 is 1.38 bits per heavy atom. The Morgan fingerprint density at radius 3 is 2.85 bits per heavy atom. The number of fused-ring (bicyclic) bond motifs is 1. The Kier molecular flexibility index (Phi) is 5.79. The lowest BCUT2D eigenvalue weighted by atomic mass is 10.0. The molecule has 2 aromatic rings. The van der Waals surface area contributed by atoms with Crippen molar-refractivity contribution in [3.05, 3.63) is 40.0 Å². The lowest BCUT2D eigenvalue weighted by Gasteiger charge is -2.11. The monoisotopic (exact) mass is 413 g/mol. The highest BCUT2D eigenvalue weighted by atomic mass is 35.5. The number of carbonyl (C=O) groups excluding carboxylic acids is 1. The first kappa shape index (κ1) is 19.5. The topological polar surface area (TPSA) is 73.3 Å². The fraction of sp³-hybridized carbons (Fsp3) is 0.444. The summed E-state index contributed by atoms with van der Waals surface area (Å²) in [6.45, 7) is 4.07. The van der Waals surface area contributed by atoms with Crippen LogP contribution >= 0.6 is 23.4 Å². The van der Waals surface area contributed by atoms with E-state index in [0.29, 0.717) is 17.1 Å². The second-order valence-corrected chi connectivity index (χ2v) is 10.4. The van der Waals surface area contributed by atoms with Gasteiger partial charge >= 0.3 is 5.97 Å². The number of hydrogen-bond acceptors (Lipinski definition) is 6. The molecule has 0 radical (unpaired) electrons. The van der Waals surface area contributed by atoms with Gasteiger partial charge in [-0.1, -0.05) is 23.7 Å². The predicted octanol–water partition coefficient (Wildman–Crippen LogP) is 3.47. The van der Waals surface area contributed by atoms with Crippen molar-refractivity contribution in [1.29, 1.82) is 0 Å². The maximum absolute atomic E-state index is 12.0. The molecule has 1 saturated heterocycles. The molecule has 0 N–H and O–H groups in total. The molecule has 3 rings (SSSR count). The molecule has 2 heterocycles. The Balaban J connectivity index is 1.60. The molecule has 1 fully saturated rings. The largest absolute Gasteiger partial charge is 0.460 e. The van der Waals surface area contributed by atoms with Crippen molar-refractivity contribution >= 4 is 50.1 Å². The van der Waals surface area contributed by atoms with Crippen LogP contribution in [0.15, 0.2) is 18.2 Å². The highest BCUT2D eigenvalue weighted by Crippen LogP contribution is 2.26. The number of esters is 1. The highest BCUT2D eigenvalue weighted by Gasteiger charge is 2.28. The second-order valence-electron chi connectivity index (χ2n) is 6.51. The summed E-state index contributed by atoms with van der Waals surface area (Å²) >= 11 is 7.59. The van der Waals surface area contributed by atoms with Gasteiger partial charge in [-0.15, -0.1) is 11.8 Å². The number of halogens is 1. The third-order valence-electron chi connectivity index (χ3n) is 4.55. The number of pyridine rings is 1. The maximum Gasteiger partial charge on any atom is 0.316 e. The van der Waals surface area contributed by atoms with E-state index in [4.69, 9.17) is 16.3 Å². The van der Waals surface area contributed by atoms with E-state index in [-0.39, 0.29) is 35.1 Å². The molecule has 1 atom stereocenters. The standard InChI is InChI=1S/C18H20ClNO4S2/c1-11-3-4-13-7-14(18(19)20-17(13)12(11)2)8-24-16(21)9-25-15-5-6-26(22,23)10-15/h3-4,7,15H,5-6,8-10H2,1-2H3/t15-/m1/s1. The number of ether oxygens (including phenoxy) is 1. The molecule has 0 bridgehead atoms. The average molecular weight is 414 g/mol. The molecule has 26 heavy (non-hydrogen) atoms. The van der Waals surface area contributed by atoms with E-state index in [1.54, 1.807) is 0 Å². The fourth-order valence-corrected chi connectivity index (χ4v) is 6.52. The number of hydrogen-bond donors (Lipinski definition) is 0. The van der Waals surface area contributed by atoms with E-state index in [2.05, 4.69) is 4.98 Å². The van der Waals surface area contributed by atoms with Gasteiger partial charge < -0.3 is 4.74 Å². The number of thioether (sulfide) groups is 1. The van der Waals surface area contributed by atoms with Crippen molar-refractivity contribution in [2.75, 3.05) is 17.3 Å². The summed E-state index contributed by atoms with van der Waals surface area (Å²) in [5.74, 6) is 0.105. The molecule has 0 amide bonds. The quantitative estimate of drug-likeness (QED) is 0.552. The van der Waals surface area contributed by atoms with E-state index >= 15 is 0 Å². The minimum Gasteiger partial charge on any atom is -0.460 e. The number of rotatable bonds is 5. The van der Waals surface area contributed by atoms with Gasteiger partial charge in [-0.25, -0.2) is 13.4 Å². The smallest absolute Gasteiger partial charge is 0.316 e. The van der Waals surface area contributed by atoms with E-state index in [0.717, 1.165) is 22.0 Å². The van der Waals surface area contributed by atoms with Gasteiger partial charge in [0, 0.05) is 16.2 Å². The minimum absolute atomic E-state index is 0.0234. The zero-order chi connectivity index (χ0) is 18.9. The summed E-state index contributed by atoms with van der Waals surface area (Å²) in [6.07, 6.45) is 0.597. The third-order valence-corrected chi connectivity index (χ3v) is 8.14. The van der Waals surface area contributed by atoms with Crippen LogP contribution in [0.2, 0.25) is 5.15 Å². The normalized spacial score (nSPS) is 19.0. The Labute approximate surface area is 162 Å². The molecule has 0 saturated carbocycles. The molecular formula is C18H20ClNO4S2. The van der Waals surface area contributed by atoms with Crippen molar-refractivity contribution in [2.24, 2.45) is 0 Å². The van der Waals surface area contributed by atoms with Crippen LogP contribution in [0.3, 0.4) is 0 Å². The lowest BCUT2D eigenvalue weighted by Crippen LogP contribution is -2.13. The Morgan fingerprint density at radius 2 is 2.15 bits per heavy atom. The van der Waals surface area contributed by atoms with Gasteiger partial charge in [0.25, 0.3) is 0 Å². The van der Waals surface area contributed by atoms with Crippen LogP contribution in [0.25, 0.3) is 10.9 Å². The number of aryl methyl sites for hydroxylation is 2. The minimum atomic E-state index is -2.93. The van der Waals surface area contributed by atoms with Crippen LogP contribution in [0, 0.1) is 13.8 Å². The fourth-order valence-electron chi connectivity index (χ4n) is 2.88. The third kappa shape index (κ3) is 4.50.